The number of nitrogens with zero attached hydrogens (tertiary/aromatic N) is 1. The molecule has 2 aromatic rings. The molecule has 5 heteroatoms. The molecule has 1 heterocycles. The topological polar surface area (TPSA) is 39.2 Å². The molecule has 1 aromatic heterocycles. The van der Waals surface area contributed by atoms with Crippen LogP contribution in [0.4, 0.5) is 0 Å². The number of hydrogen-bond donors (Lipinski definition) is 0. The molecule has 0 amide bonds. The molecule has 18 heavy (non-hydrogen) atoms. The van der Waals surface area contributed by atoms with Gasteiger partial charge in [-0.2, -0.15) is 0 Å². The number of aldehydes is 1. The van der Waals surface area contributed by atoms with Crippen molar-refractivity contribution in [1.29, 1.82) is 0 Å². The van der Waals surface area contributed by atoms with E-state index in [0.717, 1.165) is 16.3 Å². The summed E-state index contributed by atoms with van der Waals surface area (Å²) < 4.78 is 6.37. The van der Waals surface area contributed by atoms with Gasteiger partial charge in [-0.15, -0.1) is 0 Å². The van der Waals surface area contributed by atoms with Crippen molar-refractivity contribution in [3.8, 4) is 5.75 Å². The highest BCUT2D eigenvalue weighted by Gasteiger charge is 2.08. The van der Waals surface area contributed by atoms with E-state index in [-0.39, 0.29) is 6.61 Å². The summed E-state index contributed by atoms with van der Waals surface area (Å²) >= 11 is 9.33. The maximum absolute atomic E-state index is 10.9. The van der Waals surface area contributed by atoms with Crippen LogP contribution in [0, 0.1) is 0 Å². The van der Waals surface area contributed by atoms with Crippen molar-refractivity contribution in [3.63, 3.8) is 0 Å². The van der Waals surface area contributed by atoms with Crippen LogP contribution in [0.1, 0.15) is 15.9 Å². The molecule has 0 aliphatic heterocycles. The molecule has 0 saturated carbocycles. The number of aromatic nitrogens is 1. The Hall–Kier alpha value is -1.39. The van der Waals surface area contributed by atoms with Crippen molar-refractivity contribution in [2.24, 2.45) is 0 Å². The first-order chi connectivity index (χ1) is 8.72. The van der Waals surface area contributed by atoms with E-state index < -0.39 is 0 Å². The molecule has 92 valence electrons. The highest BCUT2D eigenvalue weighted by atomic mass is 79.9. The zero-order chi connectivity index (χ0) is 13.0. The number of benzene rings is 1. The van der Waals surface area contributed by atoms with Crippen LogP contribution in [-0.2, 0) is 6.61 Å². The maximum atomic E-state index is 10.9. The molecule has 0 spiro atoms. The molecule has 0 saturated heterocycles. The van der Waals surface area contributed by atoms with E-state index in [4.69, 9.17) is 16.3 Å². The van der Waals surface area contributed by atoms with Crippen molar-refractivity contribution < 1.29 is 9.53 Å². The predicted octanol–water partition coefficient (Wildman–Crippen LogP) is 3.89. The largest absolute Gasteiger partial charge is 0.487 e. The van der Waals surface area contributed by atoms with Crippen LogP contribution in [0.25, 0.3) is 0 Å². The Balaban J connectivity index is 2.21. The minimum absolute atomic E-state index is 0.283. The molecule has 2 rings (SSSR count). The van der Waals surface area contributed by atoms with Gasteiger partial charge >= 0.3 is 0 Å². The third-order valence-corrected chi connectivity index (χ3v) is 3.32. The van der Waals surface area contributed by atoms with E-state index in [0.29, 0.717) is 16.3 Å². The SMILES string of the molecule is O=Cc1cccc(Br)c1OCc1ccncc1Cl. The van der Waals surface area contributed by atoms with E-state index in [9.17, 15) is 4.79 Å². The number of carbonyl (C=O) groups excluding carboxylic acids is 1. The van der Waals surface area contributed by atoms with Crippen molar-refractivity contribution in [2.45, 2.75) is 6.61 Å². The van der Waals surface area contributed by atoms with Crippen LogP contribution in [0.2, 0.25) is 5.02 Å². The van der Waals surface area contributed by atoms with Crippen molar-refractivity contribution in [1.82, 2.24) is 4.98 Å². The van der Waals surface area contributed by atoms with Crippen LogP contribution < -0.4 is 4.74 Å². The number of ether oxygens (including phenoxy) is 1. The molecule has 0 N–H and O–H groups in total. The second-order valence-corrected chi connectivity index (χ2v) is 4.79. The van der Waals surface area contributed by atoms with Crippen LogP contribution in [0.3, 0.4) is 0 Å². The van der Waals surface area contributed by atoms with Gasteiger partial charge in [0.05, 0.1) is 15.1 Å². The number of pyridine rings is 1. The number of para-hydroxylation sites is 1. The standard InChI is InChI=1S/C13H9BrClNO2/c14-11-3-1-2-9(7-17)13(11)18-8-10-4-5-16-6-12(10)15/h1-7H,8H2. The summed E-state index contributed by atoms with van der Waals surface area (Å²) in [6.07, 6.45) is 3.96. The molecule has 1 aromatic carbocycles. The first-order valence-corrected chi connectivity index (χ1v) is 6.34. The van der Waals surface area contributed by atoms with Gasteiger partial charge in [0.1, 0.15) is 12.4 Å². The lowest BCUT2D eigenvalue weighted by Gasteiger charge is -2.11. The summed E-state index contributed by atoms with van der Waals surface area (Å²) in [6.45, 7) is 0.283. The van der Waals surface area contributed by atoms with E-state index >= 15 is 0 Å². The summed E-state index contributed by atoms with van der Waals surface area (Å²) in [4.78, 5) is 14.8. The lowest BCUT2D eigenvalue weighted by Crippen LogP contribution is -2.00. The van der Waals surface area contributed by atoms with Gasteiger partial charge in [0.25, 0.3) is 0 Å². The van der Waals surface area contributed by atoms with E-state index in [1.54, 1.807) is 30.6 Å². The summed E-state index contributed by atoms with van der Waals surface area (Å²) in [6, 6.07) is 7.07. The minimum atomic E-state index is 0.283. The number of hydrogen-bond acceptors (Lipinski definition) is 3. The second kappa shape index (κ2) is 5.98. The van der Waals surface area contributed by atoms with Crippen LogP contribution in [0.15, 0.2) is 41.1 Å². The molecule has 0 radical (unpaired) electrons. The molecule has 0 aliphatic carbocycles. The first kappa shape index (κ1) is 13.1. The number of halogens is 2. The van der Waals surface area contributed by atoms with Crippen LogP contribution >= 0.6 is 27.5 Å². The van der Waals surface area contributed by atoms with Gasteiger partial charge in [-0.1, -0.05) is 17.7 Å². The summed E-state index contributed by atoms with van der Waals surface area (Å²) in [5, 5.41) is 0.539. The minimum Gasteiger partial charge on any atom is -0.487 e. The Morgan fingerprint density at radius 1 is 1.39 bits per heavy atom. The third kappa shape index (κ3) is 2.89. The first-order valence-electron chi connectivity index (χ1n) is 5.17. The Bertz CT molecular complexity index is 575. The number of rotatable bonds is 4. The predicted molar refractivity (Wildman–Crippen MR) is 73.1 cm³/mol. The molecule has 0 bridgehead atoms. The Labute approximate surface area is 118 Å². The average molecular weight is 327 g/mol. The van der Waals surface area contributed by atoms with Gasteiger partial charge < -0.3 is 4.74 Å². The lowest BCUT2D eigenvalue weighted by atomic mass is 10.2. The summed E-state index contributed by atoms with van der Waals surface area (Å²) in [7, 11) is 0. The van der Waals surface area contributed by atoms with E-state index in [2.05, 4.69) is 20.9 Å². The van der Waals surface area contributed by atoms with Crippen molar-refractivity contribution in [2.75, 3.05) is 0 Å². The van der Waals surface area contributed by atoms with Gasteiger partial charge in [-0.05, 0) is 34.1 Å². The molecule has 3 nitrogen and oxygen atoms in total. The Morgan fingerprint density at radius 2 is 2.22 bits per heavy atom. The van der Waals surface area contributed by atoms with Gasteiger partial charge in [0.2, 0.25) is 0 Å². The van der Waals surface area contributed by atoms with E-state index in [1.165, 1.54) is 0 Å². The van der Waals surface area contributed by atoms with Gasteiger partial charge in [-0.25, -0.2) is 0 Å². The Morgan fingerprint density at radius 3 is 2.94 bits per heavy atom. The van der Waals surface area contributed by atoms with Crippen LogP contribution in [-0.4, -0.2) is 11.3 Å². The molecule has 0 aliphatic rings. The summed E-state index contributed by atoms with van der Waals surface area (Å²) in [5.41, 5.74) is 1.31. The molecular weight excluding hydrogens is 318 g/mol. The highest BCUT2D eigenvalue weighted by molar-refractivity contribution is 9.10. The fraction of sp³-hybridized carbons (Fsp3) is 0.0769. The van der Waals surface area contributed by atoms with Gasteiger partial charge in [0.15, 0.2) is 6.29 Å². The monoisotopic (exact) mass is 325 g/mol. The van der Waals surface area contributed by atoms with Crippen molar-refractivity contribution >= 4 is 33.8 Å². The molecule has 0 atom stereocenters. The quantitative estimate of drug-likeness (QED) is 0.800. The summed E-state index contributed by atoms with van der Waals surface area (Å²) in [5.74, 6) is 0.514. The highest BCUT2D eigenvalue weighted by Crippen LogP contribution is 2.29. The fourth-order valence-electron chi connectivity index (χ4n) is 1.44. The molecule has 0 unspecified atom stereocenters. The van der Waals surface area contributed by atoms with Gasteiger partial charge in [-0.3, -0.25) is 9.78 Å². The zero-order valence-corrected chi connectivity index (χ0v) is 11.6. The number of carbonyl (C=O) groups is 1. The zero-order valence-electron chi connectivity index (χ0n) is 9.27. The third-order valence-electron chi connectivity index (χ3n) is 2.35. The lowest BCUT2D eigenvalue weighted by molar-refractivity contribution is 0.111. The van der Waals surface area contributed by atoms with Gasteiger partial charge in [0, 0.05) is 18.0 Å². The normalized spacial score (nSPS) is 10.1. The second-order valence-electron chi connectivity index (χ2n) is 3.53. The molecular formula is C13H9BrClNO2. The van der Waals surface area contributed by atoms with E-state index in [1.807, 2.05) is 6.07 Å². The van der Waals surface area contributed by atoms with Crippen molar-refractivity contribution in [3.05, 3.63) is 57.3 Å². The smallest absolute Gasteiger partial charge is 0.153 e. The average Bonchev–Trinajstić information content (AvgIpc) is 2.39. The molecule has 0 fully saturated rings. The fourth-order valence-corrected chi connectivity index (χ4v) is 2.11. The Kier molecular flexibility index (Phi) is 4.33. The maximum Gasteiger partial charge on any atom is 0.153 e. The van der Waals surface area contributed by atoms with Crippen LogP contribution in [0.5, 0.6) is 5.75 Å².